The maximum atomic E-state index is 11.0. The van der Waals surface area contributed by atoms with Gasteiger partial charge in [-0.2, -0.15) is 0 Å². The van der Waals surface area contributed by atoms with Crippen LogP contribution in [0.25, 0.3) is 0 Å². The molecule has 74 valence electrons. The van der Waals surface area contributed by atoms with E-state index in [-0.39, 0.29) is 5.91 Å². The van der Waals surface area contributed by atoms with Crippen molar-refractivity contribution in [2.75, 3.05) is 0 Å². The van der Waals surface area contributed by atoms with Gasteiger partial charge in [0.2, 0.25) is 5.91 Å². The molecule has 0 saturated heterocycles. The third-order valence-corrected chi connectivity index (χ3v) is 1.90. The Labute approximate surface area is 83.7 Å². The lowest BCUT2D eigenvalue weighted by atomic mass is 10.2. The van der Waals surface area contributed by atoms with Crippen LogP contribution in [0.4, 0.5) is 0 Å². The molecule has 0 heterocycles. The van der Waals surface area contributed by atoms with Crippen molar-refractivity contribution in [2.45, 2.75) is 6.92 Å². The second kappa shape index (κ2) is 4.46. The largest absolute Gasteiger partial charge is 0.397 e. The molecule has 1 aliphatic rings. The molecule has 1 atom stereocenters. The average molecular weight is 190 g/mol. The molecule has 1 amide bonds. The summed E-state index contributed by atoms with van der Waals surface area (Å²) in [6, 6.07) is 0. The highest BCUT2D eigenvalue weighted by molar-refractivity contribution is 5.88. The number of carbonyl (C=O) groups is 1. The molecule has 0 aromatic rings. The Bertz CT molecular complexity index is 337. The van der Waals surface area contributed by atoms with Gasteiger partial charge < -0.3 is 11.1 Å². The van der Waals surface area contributed by atoms with Gasteiger partial charge in [0.05, 0.1) is 11.4 Å². The minimum Gasteiger partial charge on any atom is -0.397 e. The Morgan fingerprint density at radius 1 is 1.57 bits per heavy atom. The van der Waals surface area contributed by atoms with E-state index in [2.05, 4.69) is 11.9 Å². The molecule has 1 aliphatic carbocycles. The summed E-state index contributed by atoms with van der Waals surface area (Å²) in [5.41, 5.74) is 6.91. The van der Waals surface area contributed by atoms with Crippen LogP contribution >= 0.6 is 0 Å². The Kier molecular flexibility index (Phi) is 3.29. The Hall–Kier alpha value is -1.77. The number of allylic oxidation sites excluding steroid dienone is 4. The van der Waals surface area contributed by atoms with Gasteiger partial charge >= 0.3 is 0 Å². The monoisotopic (exact) mass is 190 g/mol. The van der Waals surface area contributed by atoms with Crippen LogP contribution in [0.5, 0.6) is 0 Å². The quantitative estimate of drug-likeness (QED) is 0.643. The minimum atomic E-state index is -0.254. The second-order valence-corrected chi connectivity index (χ2v) is 3.14. The van der Waals surface area contributed by atoms with Crippen molar-refractivity contribution in [3.8, 4) is 0 Å². The van der Waals surface area contributed by atoms with Crippen molar-refractivity contribution in [1.82, 2.24) is 5.32 Å². The summed E-state index contributed by atoms with van der Waals surface area (Å²) >= 11 is 0. The number of hydrogen-bond donors (Lipinski definition) is 2. The van der Waals surface area contributed by atoms with E-state index in [1.165, 1.54) is 6.08 Å². The highest BCUT2D eigenvalue weighted by atomic mass is 16.1. The standard InChI is InChI=1S/C11H14N2O/c1-3-11(14)13-10-7-5-8(2)4-6-9(10)12/h3-8H,1,12H2,2H3,(H,13,14). The van der Waals surface area contributed by atoms with E-state index < -0.39 is 0 Å². The van der Waals surface area contributed by atoms with Gasteiger partial charge in [-0.3, -0.25) is 4.79 Å². The van der Waals surface area contributed by atoms with Crippen molar-refractivity contribution >= 4 is 5.91 Å². The predicted molar refractivity (Wildman–Crippen MR) is 57.0 cm³/mol. The number of hydrogen-bond acceptors (Lipinski definition) is 2. The summed E-state index contributed by atoms with van der Waals surface area (Å²) in [4.78, 5) is 11.0. The zero-order valence-corrected chi connectivity index (χ0v) is 8.16. The van der Waals surface area contributed by atoms with Gasteiger partial charge in [-0.15, -0.1) is 0 Å². The van der Waals surface area contributed by atoms with E-state index in [9.17, 15) is 4.79 Å². The molecular formula is C11H14N2O. The molecule has 3 heteroatoms. The molecule has 1 unspecified atom stereocenters. The lowest BCUT2D eigenvalue weighted by Crippen LogP contribution is -2.21. The van der Waals surface area contributed by atoms with Crippen LogP contribution in [-0.4, -0.2) is 5.91 Å². The maximum Gasteiger partial charge on any atom is 0.247 e. The maximum absolute atomic E-state index is 11.0. The predicted octanol–water partition coefficient (Wildman–Crippen LogP) is 1.22. The summed E-state index contributed by atoms with van der Waals surface area (Å²) in [5.74, 6) is 0.0715. The lowest BCUT2D eigenvalue weighted by molar-refractivity contribution is -0.115. The first-order chi connectivity index (χ1) is 6.63. The summed E-state index contributed by atoms with van der Waals surface area (Å²) < 4.78 is 0. The number of nitrogens with one attached hydrogen (secondary N) is 1. The van der Waals surface area contributed by atoms with E-state index in [0.717, 1.165) is 0 Å². The van der Waals surface area contributed by atoms with Gasteiger partial charge in [-0.1, -0.05) is 25.7 Å². The molecule has 0 spiro atoms. The highest BCUT2D eigenvalue weighted by Gasteiger charge is 2.04. The van der Waals surface area contributed by atoms with Crippen LogP contribution < -0.4 is 11.1 Å². The topological polar surface area (TPSA) is 55.1 Å². The first-order valence-corrected chi connectivity index (χ1v) is 4.43. The zero-order chi connectivity index (χ0) is 10.6. The number of amides is 1. The summed E-state index contributed by atoms with van der Waals surface area (Å²) in [6.45, 7) is 5.41. The van der Waals surface area contributed by atoms with Crippen LogP contribution in [0.3, 0.4) is 0 Å². The van der Waals surface area contributed by atoms with Crippen LogP contribution in [-0.2, 0) is 4.79 Å². The molecule has 0 saturated carbocycles. The van der Waals surface area contributed by atoms with Gasteiger partial charge in [-0.25, -0.2) is 0 Å². The molecule has 14 heavy (non-hydrogen) atoms. The Balaban J connectivity index is 2.85. The molecule has 0 aliphatic heterocycles. The van der Waals surface area contributed by atoms with Gasteiger partial charge in [0.25, 0.3) is 0 Å². The van der Waals surface area contributed by atoms with Crippen molar-refractivity contribution < 1.29 is 4.79 Å². The number of nitrogens with two attached hydrogens (primary N) is 1. The molecule has 0 fully saturated rings. The van der Waals surface area contributed by atoms with Crippen LogP contribution in [0.15, 0.2) is 48.4 Å². The summed E-state index contributed by atoms with van der Waals surface area (Å²) in [7, 11) is 0. The van der Waals surface area contributed by atoms with E-state index in [1.54, 1.807) is 12.2 Å². The fraction of sp³-hybridized carbons (Fsp3) is 0.182. The molecule has 3 N–H and O–H groups in total. The van der Waals surface area contributed by atoms with Gasteiger partial charge in [0, 0.05) is 0 Å². The van der Waals surface area contributed by atoms with Crippen molar-refractivity contribution in [1.29, 1.82) is 0 Å². The fourth-order valence-corrected chi connectivity index (χ4v) is 1.05. The second-order valence-electron chi connectivity index (χ2n) is 3.14. The highest BCUT2D eigenvalue weighted by Crippen LogP contribution is 2.10. The third kappa shape index (κ3) is 2.62. The molecule has 0 aromatic heterocycles. The molecule has 0 aromatic carbocycles. The van der Waals surface area contributed by atoms with Crippen molar-refractivity contribution in [3.05, 3.63) is 48.4 Å². The van der Waals surface area contributed by atoms with Crippen LogP contribution in [0, 0.1) is 5.92 Å². The summed E-state index contributed by atoms with van der Waals surface area (Å²) in [5, 5.41) is 2.64. The number of carbonyl (C=O) groups excluding carboxylic acids is 1. The van der Waals surface area contributed by atoms with Crippen LogP contribution in [0.2, 0.25) is 0 Å². The Morgan fingerprint density at radius 2 is 2.21 bits per heavy atom. The first kappa shape index (κ1) is 10.3. The van der Waals surface area contributed by atoms with Crippen molar-refractivity contribution in [3.63, 3.8) is 0 Å². The Morgan fingerprint density at radius 3 is 2.86 bits per heavy atom. The van der Waals surface area contributed by atoms with E-state index >= 15 is 0 Å². The molecule has 3 nitrogen and oxygen atoms in total. The number of rotatable bonds is 2. The summed E-state index contributed by atoms with van der Waals surface area (Å²) in [6.07, 6.45) is 8.75. The van der Waals surface area contributed by atoms with E-state index in [4.69, 9.17) is 5.73 Å². The normalized spacial score (nSPS) is 20.5. The van der Waals surface area contributed by atoms with E-state index in [0.29, 0.717) is 17.3 Å². The molecule has 0 bridgehead atoms. The van der Waals surface area contributed by atoms with Gasteiger partial charge in [0.15, 0.2) is 0 Å². The van der Waals surface area contributed by atoms with Gasteiger partial charge in [0.1, 0.15) is 0 Å². The average Bonchev–Trinajstić information content (AvgIpc) is 2.33. The van der Waals surface area contributed by atoms with Crippen LogP contribution in [0.1, 0.15) is 6.92 Å². The fourth-order valence-electron chi connectivity index (χ4n) is 1.05. The molecular weight excluding hydrogens is 176 g/mol. The lowest BCUT2D eigenvalue weighted by Gasteiger charge is -2.04. The SMILES string of the molecule is C=CC(=O)NC1=C(N)C=CC(C)C=C1. The smallest absolute Gasteiger partial charge is 0.247 e. The zero-order valence-electron chi connectivity index (χ0n) is 8.16. The first-order valence-electron chi connectivity index (χ1n) is 4.43. The van der Waals surface area contributed by atoms with Crippen molar-refractivity contribution in [2.24, 2.45) is 11.7 Å². The van der Waals surface area contributed by atoms with Gasteiger partial charge in [-0.05, 0) is 24.1 Å². The molecule has 1 rings (SSSR count). The third-order valence-electron chi connectivity index (χ3n) is 1.90. The molecule has 0 radical (unpaired) electrons. The minimum absolute atomic E-state index is 0.254. The van der Waals surface area contributed by atoms with E-state index in [1.807, 2.05) is 19.1 Å².